The number of benzene rings is 1. The molecule has 3 aromatic heterocycles. The number of ether oxygens (including phenoxy) is 1. The van der Waals surface area contributed by atoms with E-state index in [0.29, 0.717) is 6.92 Å². The van der Waals surface area contributed by atoms with Gasteiger partial charge in [0.15, 0.2) is 11.4 Å². The zero-order valence-electron chi connectivity index (χ0n) is 23.2. The molecule has 0 aliphatic heterocycles. The van der Waals surface area contributed by atoms with Gasteiger partial charge in [-0.3, -0.25) is 19.3 Å². The lowest BCUT2D eigenvalue weighted by Gasteiger charge is -2.14. The molecule has 1 unspecified atom stereocenters. The van der Waals surface area contributed by atoms with Gasteiger partial charge in [0.25, 0.3) is 11.8 Å². The van der Waals surface area contributed by atoms with Crippen molar-refractivity contribution in [3.8, 4) is 5.75 Å². The number of aryl methyl sites for hydroxylation is 1. The molecule has 4 aromatic rings. The van der Waals surface area contributed by atoms with Crippen LogP contribution in [0.2, 0.25) is 0 Å². The Morgan fingerprint density at radius 2 is 1.58 bits per heavy atom. The van der Waals surface area contributed by atoms with Crippen molar-refractivity contribution in [3.05, 3.63) is 82.9 Å². The van der Waals surface area contributed by atoms with E-state index >= 15 is 0 Å². The van der Waals surface area contributed by atoms with Crippen molar-refractivity contribution < 1.29 is 45.1 Å². The molecule has 19 heteroatoms. The molecule has 0 saturated carbocycles. The van der Waals surface area contributed by atoms with E-state index in [-0.39, 0.29) is 61.0 Å². The zero-order chi connectivity index (χ0) is 32.8. The molecule has 1 aromatic carbocycles. The molecule has 0 aliphatic carbocycles. The van der Waals surface area contributed by atoms with Crippen LogP contribution in [0.3, 0.4) is 0 Å². The number of pyridine rings is 1. The van der Waals surface area contributed by atoms with Crippen molar-refractivity contribution in [2.24, 2.45) is 0 Å². The molecule has 1 atom stereocenters. The highest BCUT2D eigenvalue weighted by Crippen LogP contribution is 2.29. The molecule has 3 heterocycles. The van der Waals surface area contributed by atoms with Gasteiger partial charge in [-0.15, -0.1) is 10.2 Å². The number of rotatable bonds is 13. The van der Waals surface area contributed by atoms with Gasteiger partial charge >= 0.3 is 12.3 Å². The van der Waals surface area contributed by atoms with Crippen molar-refractivity contribution in [2.45, 2.75) is 58.0 Å². The first-order chi connectivity index (χ1) is 21.2. The fraction of sp³-hybridized carbons (Fsp3) is 0.346. The van der Waals surface area contributed by atoms with Crippen molar-refractivity contribution in [1.82, 2.24) is 45.6 Å². The number of carbonyl (C=O) groups is 2. The molecule has 2 amide bonds. The van der Waals surface area contributed by atoms with Crippen LogP contribution >= 0.6 is 0 Å². The van der Waals surface area contributed by atoms with Crippen LogP contribution in [-0.4, -0.2) is 59.1 Å². The minimum Gasteiger partial charge on any atom is -0.433 e. The van der Waals surface area contributed by atoms with Gasteiger partial charge < -0.3 is 15.4 Å². The van der Waals surface area contributed by atoms with E-state index in [0.717, 1.165) is 47.4 Å². The summed E-state index contributed by atoms with van der Waals surface area (Å²) in [6.45, 7) is -0.455. The molecular weight excluding hydrogens is 619 g/mol. The van der Waals surface area contributed by atoms with Crippen molar-refractivity contribution in [2.75, 3.05) is 0 Å². The molecule has 2 N–H and O–H groups in total. The first-order valence-corrected chi connectivity index (χ1v) is 13.0. The van der Waals surface area contributed by atoms with Gasteiger partial charge in [-0.05, 0) is 30.3 Å². The number of halogens is 7. The second-order valence-corrected chi connectivity index (χ2v) is 9.64. The van der Waals surface area contributed by atoms with Gasteiger partial charge in [0.2, 0.25) is 0 Å². The van der Waals surface area contributed by atoms with Gasteiger partial charge in [-0.25, -0.2) is 13.5 Å². The molecule has 240 valence electrons. The summed E-state index contributed by atoms with van der Waals surface area (Å²) in [5.74, 6) is -2.57. The first-order valence-electron chi connectivity index (χ1n) is 13.0. The number of carbonyl (C=O) groups excluding carboxylic acids is 2. The Balaban J connectivity index is 1.22. The lowest BCUT2D eigenvalue weighted by Crippen LogP contribution is -2.24. The number of aromatic nitrogens is 7. The second-order valence-electron chi connectivity index (χ2n) is 9.64. The number of nitrogens with one attached hydrogen (secondary N) is 2. The van der Waals surface area contributed by atoms with E-state index in [1.54, 1.807) is 0 Å². The van der Waals surface area contributed by atoms with Crippen LogP contribution in [0.25, 0.3) is 0 Å². The first kappa shape index (κ1) is 32.8. The average Bonchev–Trinajstić information content (AvgIpc) is 3.64. The summed E-state index contributed by atoms with van der Waals surface area (Å²) < 4.78 is 100.0. The SMILES string of the molecule is CC(F)(F)Oc1ccc(F)c(CNC(=O)c2cn(CC(F)CCn3cc(C(=O)NCc4cc(C(F)(F)F)ccn4)nn3)nn2)c1. The maximum Gasteiger partial charge on any atom is 0.416 e. The number of amides is 2. The summed E-state index contributed by atoms with van der Waals surface area (Å²) in [7, 11) is 0. The topological polar surface area (TPSA) is 142 Å². The van der Waals surface area contributed by atoms with Crippen LogP contribution in [0.5, 0.6) is 5.75 Å². The van der Waals surface area contributed by atoms with Crippen LogP contribution < -0.4 is 15.4 Å². The number of hydrogen-bond acceptors (Lipinski definition) is 8. The van der Waals surface area contributed by atoms with Crippen LogP contribution in [0.15, 0.2) is 48.9 Å². The molecule has 0 radical (unpaired) electrons. The summed E-state index contributed by atoms with van der Waals surface area (Å²) in [4.78, 5) is 28.5. The molecule has 0 fully saturated rings. The van der Waals surface area contributed by atoms with Crippen molar-refractivity contribution in [1.29, 1.82) is 0 Å². The highest BCUT2D eigenvalue weighted by molar-refractivity contribution is 5.92. The minimum absolute atomic E-state index is 0.00300. The Labute approximate surface area is 249 Å². The standard InChI is InChI=1S/C26H24F7N9O3/c1-25(29,30)45-19-2-3-20(28)15(8-19)10-35-23(43)22-14-42(40-38-22)12-17(27)5-7-41-13-21(37-39-41)24(44)36-11-18-9-16(4-6-34-18)26(31,32)33/h2-4,6,8-9,13-14,17H,5,7,10-12H2,1H3,(H,35,43)(H,36,44). The fourth-order valence-corrected chi connectivity index (χ4v) is 3.81. The van der Waals surface area contributed by atoms with E-state index < -0.39 is 41.7 Å². The lowest BCUT2D eigenvalue weighted by molar-refractivity contribution is -0.159. The Morgan fingerprint density at radius 3 is 2.24 bits per heavy atom. The monoisotopic (exact) mass is 643 g/mol. The Hall–Kier alpha value is -5.10. The summed E-state index contributed by atoms with van der Waals surface area (Å²) in [6.07, 6.45) is -6.27. The van der Waals surface area contributed by atoms with Gasteiger partial charge in [0.1, 0.15) is 17.7 Å². The average molecular weight is 644 g/mol. The minimum atomic E-state index is -4.56. The maximum atomic E-state index is 14.6. The quantitative estimate of drug-likeness (QED) is 0.210. The molecule has 0 aliphatic rings. The number of alkyl halides is 6. The molecular formula is C26H24F7N9O3. The van der Waals surface area contributed by atoms with Crippen molar-refractivity contribution in [3.63, 3.8) is 0 Å². The largest absolute Gasteiger partial charge is 0.433 e. The van der Waals surface area contributed by atoms with E-state index in [1.807, 2.05) is 0 Å². The third-order valence-corrected chi connectivity index (χ3v) is 5.93. The summed E-state index contributed by atoms with van der Waals surface area (Å²) >= 11 is 0. The Kier molecular flexibility index (Phi) is 9.98. The molecule has 4 rings (SSSR count). The Morgan fingerprint density at radius 1 is 0.933 bits per heavy atom. The summed E-state index contributed by atoms with van der Waals surface area (Å²) in [5, 5.41) is 19.5. The van der Waals surface area contributed by atoms with Gasteiger partial charge in [0.05, 0.1) is 36.7 Å². The molecule has 45 heavy (non-hydrogen) atoms. The van der Waals surface area contributed by atoms with Crippen LogP contribution in [-0.2, 0) is 32.4 Å². The highest BCUT2D eigenvalue weighted by atomic mass is 19.4. The van der Waals surface area contributed by atoms with E-state index in [9.17, 15) is 40.3 Å². The lowest BCUT2D eigenvalue weighted by atomic mass is 10.2. The molecule has 0 saturated heterocycles. The van der Waals surface area contributed by atoms with Crippen LogP contribution in [0.4, 0.5) is 30.7 Å². The predicted molar refractivity (Wildman–Crippen MR) is 139 cm³/mol. The second kappa shape index (κ2) is 13.7. The normalized spacial score (nSPS) is 12.5. The fourth-order valence-electron chi connectivity index (χ4n) is 3.81. The summed E-state index contributed by atoms with van der Waals surface area (Å²) in [5.41, 5.74) is -1.40. The third-order valence-electron chi connectivity index (χ3n) is 5.93. The number of hydrogen-bond donors (Lipinski definition) is 2. The smallest absolute Gasteiger partial charge is 0.416 e. The van der Waals surface area contributed by atoms with Gasteiger partial charge in [-0.2, -0.15) is 22.0 Å². The van der Waals surface area contributed by atoms with Crippen LogP contribution in [0, 0.1) is 5.82 Å². The Bertz CT molecular complexity index is 1640. The van der Waals surface area contributed by atoms with E-state index in [1.165, 1.54) is 10.9 Å². The molecule has 0 bridgehead atoms. The van der Waals surface area contributed by atoms with E-state index in [2.05, 4.69) is 41.0 Å². The summed E-state index contributed by atoms with van der Waals surface area (Å²) in [6, 6.07) is 4.56. The van der Waals surface area contributed by atoms with Gasteiger partial charge in [-0.1, -0.05) is 10.4 Å². The highest BCUT2D eigenvalue weighted by Gasteiger charge is 2.30. The maximum absolute atomic E-state index is 14.6. The van der Waals surface area contributed by atoms with Crippen molar-refractivity contribution >= 4 is 11.8 Å². The van der Waals surface area contributed by atoms with Gasteiger partial charge in [0, 0.05) is 38.2 Å². The zero-order valence-corrected chi connectivity index (χ0v) is 23.2. The molecule has 0 spiro atoms. The van der Waals surface area contributed by atoms with E-state index in [4.69, 9.17) is 0 Å². The molecule has 12 nitrogen and oxygen atoms in total. The third kappa shape index (κ3) is 9.70. The predicted octanol–water partition coefficient (Wildman–Crippen LogP) is 3.70. The number of nitrogens with zero attached hydrogens (tertiary/aromatic N) is 7. The van der Waals surface area contributed by atoms with Crippen LogP contribution in [0.1, 0.15) is 51.1 Å².